The minimum Gasteiger partial charge on any atom is -0.341 e. The summed E-state index contributed by atoms with van der Waals surface area (Å²) in [6.07, 6.45) is 10.00. The molecule has 1 aromatic carbocycles. The molecule has 0 bridgehead atoms. The number of rotatable bonds is 1. The molecule has 0 radical (unpaired) electrons. The molecule has 16 heavy (non-hydrogen) atoms. The van der Waals surface area contributed by atoms with Crippen LogP contribution in [0.3, 0.4) is 0 Å². The van der Waals surface area contributed by atoms with Gasteiger partial charge in [0.1, 0.15) is 0 Å². The molecule has 1 aliphatic carbocycles. The third-order valence-electron chi connectivity index (χ3n) is 3.20. The van der Waals surface area contributed by atoms with Gasteiger partial charge in [-0.25, -0.2) is 0 Å². The maximum atomic E-state index is 2.39. The lowest BCUT2D eigenvalue weighted by Crippen LogP contribution is -1.96. The number of fused-ring (bicyclic) bond motifs is 3. The summed E-state index contributed by atoms with van der Waals surface area (Å²) in [4.78, 5) is 0. The van der Waals surface area contributed by atoms with Crippen molar-refractivity contribution in [3.63, 3.8) is 0 Å². The number of aromatic nitrogens is 1. The van der Waals surface area contributed by atoms with Crippen LogP contribution in [0.5, 0.6) is 0 Å². The quantitative estimate of drug-likeness (QED) is 0.666. The second-order valence-corrected chi connectivity index (χ2v) is 4.10. The van der Waals surface area contributed by atoms with Crippen LogP contribution in [0.15, 0.2) is 36.4 Å². The highest BCUT2D eigenvalue weighted by molar-refractivity contribution is 5.94. The average molecular weight is 209 g/mol. The first-order valence-corrected chi connectivity index (χ1v) is 5.86. The number of allylic oxidation sites excluding steroid dienone is 2. The van der Waals surface area contributed by atoms with Crippen LogP contribution in [-0.2, 0) is 6.54 Å². The van der Waals surface area contributed by atoms with Gasteiger partial charge in [-0.2, -0.15) is 0 Å². The smallest absolute Gasteiger partial charge is 0.0491 e. The van der Waals surface area contributed by atoms with Crippen LogP contribution < -0.4 is 0 Å². The molecular formula is C15H15N. The summed E-state index contributed by atoms with van der Waals surface area (Å²) in [5.74, 6) is 0. The van der Waals surface area contributed by atoms with Crippen molar-refractivity contribution in [3.05, 3.63) is 47.7 Å². The molecule has 1 aromatic heterocycles. The Labute approximate surface area is 95.7 Å². The van der Waals surface area contributed by atoms with Crippen LogP contribution in [0, 0.1) is 0 Å². The highest BCUT2D eigenvalue weighted by atomic mass is 15.0. The zero-order valence-electron chi connectivity index (χ0n) is 9.48. The van der Waals surface area contributed by atoms with Crippen molar-refractivity contribution in [1.29, 1.82) is 0 Å². The third-order valence-corrected chi connectivity index (χ3v) is 3.20. The van der Waals surface area contributed by atoms with Crippen LogP contribution >= 0.6 is 0 Å². The monoisotopic (exact) mass is 209 g/mol. The van der Waals surface area contributed by atoms with Crippen LogP contribution in [0.2, 0.25) is 0 Å². The van der Waals surface area contributed by atoms with Crippen LogP contribution in [0.25, 0.3) is 23.1 Å². The fourth-order valence-electron chi connectivity index (χ4n) is 2.49. The second kappa shape index (κ2) is 3.67. The average Bonchev–Trinajstić information content (AvgIpc) is 2.49. The fourth-order valence-corrected chi connectivity index (χ4v) is 2.49. The Kier molecular flexibility index (Phi) is 2.17. The summed E-state index contributed by atoms with van der Waals surface area (Å²) in [5.41, 5.74) is 4.05. The molecule has 0 amide bonds. The Balaban J connectivity index is 2.45. The number of nitrogens with zero attached hydrogens (tertiary/aromatic N) is 1. The van der Waals surface area contributed by atoms with Gasteiger partial charge in [0.15, 0.2) is 0 Å². The van der Waals surface area contributed by atoms with Crippen molar-refractivity contribution in [1.82, 2.24) is 4.57 Å². The number of para-hydroxylation sites is 1. The molecule has 0 saturated heterocycles. The molecule has 0 fully saturated rings. The van der Waals surface area contributed by atoms with E-state index in [2.05, 4.69) is 60.1 Å². The molecule has 0 unspecified atom stereocenters. The van der Waals surface area contributed by atoms with E-state index >= 15 is 0 Å². The predicted octanol–water partition coefficient (Wildman–Crippen LogP) is 4.09. The van der Waals surface area contributed by atoms with Gasteiger partial charge in [0, 0.05) is 28.7 Å². The largest absolute Gasteiger partial charge is 0.341 e. The number of aryl methyl sites for hydroxylation is 1. The molecule has 80 valence electrons. The fraction of sp³-hybridized carbons (Fsp3) is 0.200. The van der Waals surface area contributed by atoms with Crippen molar-refractivity contribution in [2.75, 3.05) is 0 Å². The Hall–Kier alpha value is -1.76. The van der Waals surface area contributed by atoms with Crippen molar-refractivity contribution in [2.24, 2.45) is 0 Å². The highest BCUT2D eigenvalue weighted by Crippen LogP contribution is 2.29. The van der Waals surface area contributed by atoms with Gasteiger partial charge in [0.2, 0.25) is 0 Å². The predicted molar refractivity (Wildman–Crippen MR) is 70.3 cm³/mol. The van der Waals surface area contributed by atoms with Gasteiger partial charge in [-0.05, 0) is 25.5 Å². The van der Waals surface area contributed by atoms with Gasteiger partial charge in [-0.1, -0.05) is 36.4 Å². The molecule has 0 spiro atoms. The van der Waals surface area contributed by atoms with E-state index in [0.717, 1.165) is 13.0 Å². The van der Waals surface area contributed by atoms with Crippen molar-refractivity contribution in [3.8, 4) is 0 Å². The third kappa shape index (κ3) is 1.25. The Morgan fingerprint density at radius 1 is 1.12 bits per heavy atom. The van der Waals surface area contributed by atoms with Crippen LogP contribution in [0.4, 0.5) is 0 Å². The lowest BCUT2D eigenvalue weighted by atomic mass is 10.1. The van der Waals surface area contributed by atoms with E-state index in [4.69, 9.17) is 0 Å². The van der Waals surface area contributed by atoms with Gasteiger partial charge in [0.25, 0.3) is 0 Å². The maximum Gasteiger partial charge on any atom is 0.0491 e. The lowest BCUT2D eigenvalue weighted by molar-refractivity contribution is 0.789. The number of hydrogen-bond acceptors (Lipinski definition) is 0. The molecule has 1 nitrogen and oxygen atoms in total. The molecule has 0 N–H and O–H groups in total. The van der Waals surface area contributed by atoms with Crippen LogP contribution in [0.1, 0.15) is 24.6 Å². The highest BCUT2D eigenvalue weighted by Gasteiger charge is 2.12. The number of hydrogen-bond donors (Lipinski definition) is 0. The van der Waals surface area contributed by atoms with E-state index in [0.29, 0.717) is 0 Å². The van der Waals surface area contributed by atoms with E-state index in [9.17, 15) is 0 Å². The van der Waals surface area contributed by atoms with Crippen molar-refractivity contribution in [2.45, 2.75) is 19.9 Å². The maximum absolute atomic E-state index is 2.39. The number of benzene rings is 1. The minimum atomic E-state index is 1.02. The molecule has 0 atom stereocenters. The zero-order chi connectivity index (χ0) is 11.0. The molecule has 1 heteroatoms. The Bertz CT molecular complexity index is 585. The zero-order valence-corrected chi connectivity index (χ0v) is 9.48. The Morgan fingerprint density at radius 3 is 2.81 bits per heavy atom. The SMILES string of the molecule is CCn1c2c(c3ccccc31)C=CCC=C2. The summed E-state index contributed by atoms with van der Waals surface area (Å²) in [6, 6.07) is 8.64. The van der Waals surface area contributed by atoms with E-state index in [-0.39, 0.29) is 0 Å². The molecular weight excluding hydrogens is 194 g/mol. The van der Waals surface area contributed by atoms with Crippen LogP contribution in [-0.4, -0.2) is 4.57 Å². The molecule has 0 aliphatic heterocycles. The van der Waals surface area contributed by atoms with Crippen molar-refractivity contribution >= 4 is 23.1 Å². The van der Waals surface area contributed by atoms with E-state index in [1.807, 2.05) is 0 Å². The summed E-state index contributed by atoms with van der Waals surface area (Å²) in [7, 11) is 0. The van der Waals surface area contributed by atoms with Gasteiger partial charge >= 0.3 is 0 Å². The van der Waals surface area contributed by atoms with Gasteiger partial charge in [-0.15, -0.1) is 0 Å². The first-order chi connectivity index (χ1) is 7.92. The van der Waals surface area contributed by atoms with Gasteiger partial charge in [0.05, 0.1) is 0 Å². The lowest BCUT2D eigenvalue weighted by Gasteiger charge is -2.03. The minimum absolute atomic E-state index is 1.02. The summed E-state index contributed by atoms with van der Waals surface area (Å²) in [6.45, 7) is 3.23. The summed E-state index contributed by atoms with van der Waals surface area (Å²) in [5, 5.41) is 1.36. The molecule has 0 saturated carbocycles. The first-order valence-electron chi connectivity index (χ1n) is 5.86. The van der Waals surface area contributed by atoms with Gasteiger partial charge < -0.3 is 4.57 Å². The van der Waals surface area contributed by atoms with E-state index in [1.54, 1.807) is 0 Å². The Morgan fingerprint density at radius 2 is 1.94 bits per heavy atom. The normalized spacial score (nSPS) is 14.1. The second-order valence-electron chi connectivity index (χ2n) is 4.10. The molecule has 3 rings (SSSR count). The topological polar surface area (TPSA) is 4.93 Å². The van der Waals surface area contributed by atoms with Gasteiger partial charge in [-0.3, -0.25) is 0 Å². The molecule has 2 aromatic rings. The van der Waals surface area contributed by atoms with E-state index < -0.39 is 0 Å². The standard InChI is InChI=1S/C15H15N/c1-2-16-14-10-5-3-4-8-12(14)13-9-6-7-11-15(13)16/h4-11H,2-3H2,1H3. The van der Waals surface area contributed by atoms with E-state index in [1.165, 1.54) is 22.2 Å². The van der Waals surface area contributed by atoms with Crippen molar-refractivity contribution < 1.29 is 0 Å². The summed E-state index contributed by atoms with van der Waals surface area (Å²) < 4.78 is 2.39. The first kappa shape index (κ1) is 9.46. The summed E-state index contributed by atoms with van der Waals surface area (Å²) >= 11 is 0. The molecule has 1 heterocycles. The molecule has 1 aliphatic rings.